The Morgan fingerprint density at radius 1 is 0.773 bits per heavy atom. The van der Waals surface area contributed by atoms with E-state index in [4.69, 9.17) is 9.79 Å². The maximum absolute atomic E-state index is 11.2. The lowest BCUT2D eigenvalue weighted by Crippen LogP contribution is -2.02. The van der Waals surface area contributed by atoms with E-state index in [1.807, 2.05) is 30.3 Å². The van der Waals surface area contributed by atoms with E-state index in [1.54, 1.807) is 24.5 Å². The predicted octanol–water partition coefficient (Wildman–Crippen LogP) is 2.61. The molecule has 0 aliphatic carbocycles. The maximum atomic E-state index is 11.2. The molecular weight excluding hydrogens is 299 g/mol. The molecule has 2 N–H and O–H groups in total. The number of hydrogen-bond donors (Lipinski definition) is 2. The number of hydrogen-bond acceptors (Lipinski definition) is 3. The quantitative estimate of drug-likeness (QED) is 0.726. The summed E-state index contributed by atoms with van der Waals surface area (Å²) in [5, 5.41) is 0.00950. The zero-order valence-corrected chi connectivity index (χ0v) is 12.4. The molecule has 0 aliphatic heterocycles. The first-order valence-electron chi connectivity index (χ1n) is 6.58. The molecule has 22 heavy (non-hydrogen) atoms. The molecular formula is C16H13N2O3P. The Balaban J connectivity index is 1.98. The van der Waals surface area contributed by atoms with Gasteiger partial charge in [-0.3, -0.25) is 14.5 Å². The van der Waals surface area contributed by atoms with Gasteiger partial charge in [0.15, 0.2) is 0 Å². The highest BCUT2D eigenvalue weighted by Crippen LogP contribution is 2.33. The molecule has 0 atom stereocenters. The molecule has 6 heteroatoms. The summed E-state index contributed by atoms with van der Waals surface area (Å²) in [6.45, 7) is 0. The van der Waals surface area contributed by atoms with Crippen molar-refractivity contribution in [2.24, 2.45) is 0 Å². The van der Waals surface area contributed by atoms with Crippen molar-refractivity contribution < 1.29 is 14.4 Å². The van der Waals surface area contributed by atoms with Gasteiger partial charge in [-0.15, -0.1) is 0 Å². The molecule has 0 saturated carbocycles. The van der Waals surface area contributed by atoms with Gasteiger partial charge in [0.25, 0.3) is 0 Å². The number of pyridine rings is 2. The molecule has 0 radical (unpaired) electrons. The fourth-order valence-electron chi connectivity index (χ4n) is 2.11. The highest BCUT2D eigenvalue weighted by atomic mass is 31.2. The minimum atomic E-state index is -4.21. The third-order valence-corrected chi connectivity index (χ3v) is 4.20. The van der Waals surface area contributed by atoms with E-state index >= 15 is 0 Å². The summed E-state index contributed by atoms with van der Waals surface area (Å²) < 4.78 is 11.2. The van der Waals surface area contributed by atoms with Crippen LogP contribution in [0.3, 0.4) is 0 Å². The Hall–Kier alpha value is -2.33. The number of aromatic nitrogens is 2. The molecule has 0 saturated heterocycles. The second kappa shape index (κ2) is 5.81. The minimum absolute atomic E-state index is 0.00950. The van der Waals surface area contributed by atoms with Gasteiger partial charge < -0.3 is 9.79 Å². The van der Waals surface area contributed by atoms with Crippen molar-refractivity contribution in [3.8, 4) is 22.5 Å². The topological polar surface area (TPSA) is 83.3 Å². The molecule has 110 valence electrons. The van der Waals surface area contributed by atoms with Gasteiger partial charge in [0.2, 0.25) is 0 Å². The minimum Gasteiger partial charge on any atom is -0.321 e. The number of nitrogens with zero attached hydrogens (tertiary/aromatic N) is 2. The molecule has 5 nitrogen and oxygen atoms in total. The predicted molar refractivity (Wildman–Crippen MR) is 84.6 cm³/mol. The smallest absolute Gasteiger partial charge is 0.321 e. The van der Waals surface area contributed by atoms with Crippen LogP contribution in [0.25, 0.3) is 22.5 Å². The number of rotatable bonds is 3. The second-order valence-corrected chi connectivity index (χ2v) is 6.34. The maximum Gasteiger partial charge on any atom is 0.356 e. The van der Waals surface area contributed by atoms with Crippen molar-refractivity contribution in [2.75, 3.05) is 0 Å². The fraction of sp³-hybridized carbons (Fsp3) is 0. The summed E-state index contributed by atoms with van der Waals surface area (Å²) in [6.07, 6.45) is 3.40. The van der Waals surface area contributed by atoms with Crippen molar-refractivity contribution in [1.29, 1.82) is 0 Å². The molecule has 3 aromatic rings. The first-order chi connectivity index (χ1) is 10.5. The van der Waals surface area contributed by atoms with Crippen LogP contribution in [0.5, 0.6) is 0 Å². The Labute approximate surface area is 127 Å². The third kappa shape index (κ3) is 3.12. The Morgan fingerprint density at radius 3 is 2.14 bits per heavy atom. The SMILES string of the molecule is O=P(O)(O)c1ccc(-c2ccnc(-c3ccccn3)c2)cc1. The van der Waals surface area contributed by atoms with E-state index in [0.29, 0.717) is 0 Å². The average molecular weight is 312 g/mol. The molecule has 0 bridgehead atoms. The molecule has 3 rings (SSSR count). The molecule has 2 aromatic heterocycles. The van der Waals surface area contributed by atoms with Gasteiger partial charge in [0.05, 0.1) is 16.7 Å². The Kier molecular flexibility index (Phi) is 3.86. The molecule has 0 aliphatic rings. The van der Waals surface area contributed by atoms with E-state index in [-0.39, 0.29) is 5.30 Å². The summed E-state index contributed by atoms with van der Waals surface area (Å²) in [7, 11) is -4.21. The lowest BCUT2D eigenvalue weighted by molar-refractivity contribution is 0.387. The van der Waals surface area contributed by atoms with Crippen molar-refractivity contribution in [2.45, 2.75) is 0 Å². The summed E-state index contributed by atoms with van der Waals surface area (Å²) >= 11 is 0. The highest BCUT2D eigenvalue weighted by molar-refractivity contribution is 7.60. The van der Waals surface area contributed by atoms with Crippen molar-refractivity contribution in [3.05, 3.63) is 67.0 Å². The second-order valence-electron chi connectivity index (χ2n) is 4.74. The van der Waals surface area contributed by atoms with Crippen molar-refractivity contribution >= 4 is 12.9 Å². The van der Waals surface area contributed by atoms with E-state index in [0.717, 1.165) is 22.5 Å². The molecule has 0 unspecified atom stereocenters. The van der Waals surface area contributed by atoms with Gasteiger partial charge in [-0.1, -0.05) is 18.2 Å². The van der Waals surface area contributed by atoms with E-state index in [1.165, 1.54) is 12.1 Å². The highest BCUT2D eigenvalue weighted by Gasteiger charge is 2.16. The lowest BCUT2D eigenvalue weighted by atomic mass is 10.1. The van der Waals surface area contributed by atoms with E-state index in [2.05, 4.69) is 9.97 Å². The van der Waals surface area contributed by atoms with Crippen molar-refractivity contribution in [3.63, 3.8) is 0 Å². The largest absolute Gasteiger partial charge is 0.356 e. The molecule has 1 aromatic carbocycles. The van der Waals surface area contributed by atoms with Crippen LogP contribution in [-0.2, 0) is 4.57 Å². The normalized spacial score (nSPS) is 11.4. The molecule has 0 fully saturated rings. The van der Waals surface area contributed by atoms with Crippen LogP contribution in [0.2, 0.25) is 0 Å². The first-order valence-corrected chi connectivity index (χ1v) is 8.19. The molecule has 0 spiro atoms. The fourth-order valence-corrected chi connectivity index (χ4v) is 2.65. The van der Waals surface area contributed by atoms with Crippen LogP contribution in [0.4, 0.5) is 0 Å². The van der Waals surface area contributed by atoms with Gasteiger partial charge in [-0.25, -0.2) is 0 Å². The van der Waals surface area contributed by atoms with Crippen LogP contribution >= 0.6 is 7.60 Å². The van der Waals surface area contributed by atoms with Crippen LogP contribution in [0.15, 0.2) is 67.0 Å². The zero-order valence-electron chi connectivity index (χ0n) is 11.5. The monoisotopic (exact) mass is 312 g/mol. The Bertz CT molecular complexity index is 830. The first kappa shape index (κ1) is 14.6. The van der Waals surface area contributed by atoms with Gasteiger partial charge in [0.1, 0.15) is 0 Å². The molecule has 2 heterocycles. The van der Waals surface area contributed by atoms with Gasteiger partial charge >= 0.3 is 7.60 Å². The van der Waals surface area contributed by atoms with E-state index < -0.39 is 7.60 Å². The third-order valence-electron chi connectivity index (χ3n) is 3.22. The summed E-state index contributed by atoms with van der Waals surface area (Å²) in [5.74, 6) is 0. The Morgan fingerprint density at radius 2 is 1.50 bits per heavy atom. The summed E-state index contributed by atoms with van der Waals surface area (Å²) in [5.41, 5.74) is 3.29. The standard InChI is InChI=1S/C16H13N2O3P/c19-22(20,21)14-6-4-12(5-7-14)13-8-10-18-16(11-13)15-3-1-2-9-17-15/h1-11H,(H2,19,20,21). The van der Waals surface area contributed by atoms with Crippen LogP contribution < -0.4 is 5.30 Å². The summed E-state index contributed by atoms with van der Waals surface area (Å²) in [4.78, 5) is 26.8. The van der Waals surface area contributed by atoms with Crippen LogP contribution in [0, 0.1) is 0 Å². The van der Waals surface area contributed by atoms with Gasteiger partial charge in [-0.2, -0.15) is 0 Å². The van der Waals surface area contributed by atoms with Crippen molar-refractivity contribution in [1.82, 2.24) is 9.97 Å². The van der Waals surface area contributed by atoms with Crippen LogP contribution in [-0.4, -0.2) is 19.8 Å². The molecule has 0 amide bonds. The lowest BCUT2D eigenvalue weighted by Gasteiger charge is -2.07. The number of benzene rings is 1. The van der Waals surface area contributed by atoms with Gasteiger partial charge in [0, 0.05) is 12.4 Å². The zero-order chi connectivity index (χ0) is 15.6. The average Bonchev–Trinajstić information content (AvgIpc) is 2.55. The van der Waals surface area contributed by atoms with Crippen LogP contribution in [0.1, 0.15) is 0 Å². The van der Waals surface area contributed by atoms with Gasteiger partial charge in [-0.05, 0) is 47.5 Å². The summed E-state index contributed by atoms with van der Waals surface area (Å²) in [6, 6.07) is 15.6. The van der Waals surface area contributed by atoms with E-state index in [9.17, 15) is 4.57 Å².